The fourth-order valence-corrected chi connectivity index (χ4v) is 8.93. The fourth-order valence-electron chi connectivity index (χ4n) is 6.82. The van der Waals surface area contributed by atoms with E-state index < -0.39 is 18.9 Å². The number of sulfone groups is 1. The highest BCUT2D eigenvalue weighted by atomic mass is 32.2. The molecule has 2 aromatic carbocycles. The molecule has 3 aromatic rings. The van der Waals surface area contributed by atoms with Crippen molar-refractivity contribution in [1.29, 1.82) is 0 Å². The summed E-state index contributed by atoms with van der Waals surface area (Å²) in [5.41, 5.74) is 1.45. The number of benzene rings is 2. The van der Waals surface area contributed by atoms with Crippen LogP contribution in [0.5, 0.6) is 5.75 Å². The molecule has 1 aromatic heterocycles. The Morgan fingerprint density at radius 3 is 2.20 bits per heavy atom. The van der Waals surface area contributed by atoms with E-state index in [1.807, 2.05) is 24.7 Å². The maximum Gasteiger partial charge on any atom is 0.239 e. The predicted molar refractivity (Wildman–Crippen MR) is 190 cm³/mol. The monoisotopic (exact) mass is 665 g/mol. The zero-order valence-electron chi connectivity index (χ0n) is 28.1. The van der Waals surface area contributed by atoms with Gasteiger partial charge in [-0.2, -0.15) is 0 Å². The van der Waals surface area contributed by atoms with Crippen LogP contribution in [-0.2, 0) is 9.84 Å². The van der Waals surface area contributed by atoms with Gasteiger partial charge in [-0.05, 0) is 74.4 Å². The number of anilines is 1. The van der Waals surface area contributed by atoms with Crippen molar-refractivity contribution in [3.05, 3.63) is 48.7 Å². The summed E-state index contributed by atoms with van der Waals surface area (Å²) in [6.07, 6.45) is 13.4. The van der Waals surface area contributed by atoms with Crippen molar-refractivity contribution in [3.63, 3.8) is 0 Å². The number of aromatic nitrogens is 1. The van der Waals surface area contributed by atoms with Crippen LogP contribution < -0.4 is 14.8 Å². The van der Waals surface area contributed by atoms with Crippen LogP contribution in [0.3, 0.4) is 0 Å². The number of piperazine rings is 1. The van der Waals surface area contributed by atoms with Gasteiger partial charge in [-0.3, -0.25) is 9.88 Å². The van der Waals surface area contributed by atoms with Gasteiger partial charge < -0.3 is 19.3 Å². The van der Waals surface area contributed by atoms with E-state index in [0.717, 1.165) is 81.0 Å². The molecule has 0 saturated carbocycles. The summed E-state index contributed by atoms with van der Waals surface area (Å²) in [5.74, 6) is 0.690. The molecule has 3 heterocycles. The third kappa shape index (κ3) is 8.69. The molecular weight excluding hydrogens is 613 g/mol. The van der Waals surface area contributed by atoms with Crippen molar-refractivity contribution < 1.29 is 18.0 Å². The Morgan fingerprint density at radius 2 is 1.54 bits per heavy atom. The SMILES string of the molecule is CCCCCCCCCCOc1ccc(S(=O)(=O)c2cnc3ccc([Si](C)O)cc3c2N2CCC(N3CCN(C)CC3)CC2)cc1. The first-order chi connectivity index (χ1) is 22.3. The second-order valence-corrected chi connectivity index (χ2v) is 16.8. The summed E-state index contributed by atoms with van der Waals surface area (Å²) in [4.78, 5) is 22.8. The molecule has 0 bridgehead atoms. The fraction of sp³-hybridized carbons (Fsp3) is 0.583. The van der Waals surface area contributed by atoms with Gasteiger partial charge in [-0.25, -0.2) is 8.42 Å². The number of nitrogens with zero attached hydrogens (tertiary/aromatic N) is 4. The smallest absolute Gasteiger partial charge is 0.239 e. The van der Waals surface area contributed by atoms with Crippen molar-refractivity contribution in [2.24, 2.45) is 0 Å². The number of unbranched alkanes of at least 4 members (excludes halogenated alkanes) is 7. The summed E-state index contributed by atoms with van der Waals surface area (Å²) in [5, 5.41) is 1.64. The summed E-state index contributed by atoms with van der Waals surface area (Å²) < 4.78 is 34.5. The molecule has 2 saturated heterocycles. The lowest BCUT2D eigenvalue weighted by atomic mass is 10.0. The van der Waals surface area contributed by atoms with Gasteiger partial charge >= 0.3 is 0 Å². The second kappa shape index (κ2) is 16.5. The molecular formula is C36H53N4O4SSi. The number of likely N-dealkylation sites (N-methyl/N-ethyl adjacent to an activating group) is 1. The Morgan fingerprint density at radius 1 is 0.891 bits per heavy atom. The van der Waals surface area contributed by atoms with Crippen LogP contribution in [0, 0.1) is 0 Å². The summed E-state index contributed by atoms with van der Waals surface area (Å²) in [6.45, 7) is 10.6. The van der Waals surface area contributed by atoms with Crippen molar-refractivity contribution in [3.8, 4) is 5.75 Å². The third-order valence-corrected chi connectivity index (χ3v) is 12.7. The van der Waals surface area contributed by atoms with E-state index in [1.165, 1.54) is 44.7 Å². The molecule has 251 valence electrons. The molecule has 2 aliphatic rings. The number of ether oxygens (including phenoxy) is 1. The third-order valence-electron chi connectivity index (χ3n) is 9.75. The number of piperidine rings is 1. The van der Waals surface area contributed by atoms with Crippen LogP contribution in [0.15, 0.2) is 58.5 Å². The Balaban J connectivity index is 1.32. The lowest BCUT2D eigenvalue weighted by Crippen LogP contribution is -2.52. The van der Waals surface area contributed by atoms with Crippen LogP contribution in [0.2, 0.25) is 6.55 Å². The van der Waals surface area contributed by atoms with Gasteiger partial charge in [0, 0.05) is 56.9 Å². The highest BCUT2D eigenvalue weighted by Crippen LogP contribution is 2.37. The molecule has 46 heavy (non-hydrogen) atoms. The average molecular weight is 666 g/mol. The summed E-state index contributed by atoms with van der Waals surface area (Å²) in [6, 6.07) is 13.1. The first kappa shape index (κ1) is 34.8. The van der Waals surface area contributed by atoms with Crippen LogP contribution >= 0.6 is 0 Å². The lowest BCUT2D eigenvalue weighted by molar-refractivity contribution is 0.0982. The topological polar surface area (TPSA) is 86.2 Å². The molecule has 5 rings (SSSR count). The summed E-state index contributed by atoms with van der Waals surface area (Å²) in [7, 11) is -3.41. The van der Waals surface area contributed by atoms with Gasteiger partial charge in [0.1, 0.15) is 10.6 Å². The molecule has 8 nitrogen and oxygen atoms in total. The Bertz CT molecular complexity index is 1500. The van der Waals surface area contributed by atoms with Crippen LogP contribution in [0.1, 0.15) is 71.1 Å². The number of rotatable bonds is 15. The minimum Gasteiger partial charge on any atom is -0.494 e. The van der Waals surface area contributed by atoms with Gasteiger partial charge in [0.2, 0.25) is 18.9 Å². The normalized spacial score (nSPS) is 17.3. The van der Waals surface area contributed by atoms with E-state index in [4.69, 9.17) is 4.74 Å². The highest BCUT2D eigenvalue weighted by Gasteiger charge is 2.32. The molecule has 1 radical (unpaired) electrons. The van der Waals surface area contributed by atoms with E-state index in [-0.39, 0.29) is 9.79 Å². The quantitative estimate of drug-likeness (QED) is 0.165. The largest absolute Gasteiger partial charge is 0.494 e. The van der Waals surface area contributed by atoms with E-state index >= 15 is 0 Å². The van der Waals surface area contributed by atoms with Gasteiger partial charge in [0.15, 0.2) is 0 Å². The van der Waals surface area contributed by atoms with Crippen molar-refractivity contribution in [2.45, 2.75) is 93.5 Å². The number of hydrogen-bond donors (Lipinski definition) is 1. The maximum absolute atomic E-state index is 14.3. The van der Waals surface area contributed by atoms with Crippen molar-refractivity contribution in [1.82, 2.24) is 14.8 Å². The molecule has 2 fully saturated rings. The van der Waals surface area contributed by atoms with E-state index in [2.05, 4.69) is 33.7 Å². The molecule has 1 N–H and O–H groups in total. The minimum atomic E-state index is -3.87. The highest BCUT2D eigenvalue weighted by molar-refractivity contribution is 7.91. The Hall–Kier alpha value is -2.50. The lowest BCUT2D eigenvalue weighted by Gasteiger charge is -2.43. The van der Waals surface area contributed by atoms with Gasteiger partial charge in [0.25, 0.3) is 0 Å². The van der Waals surface area contributed by atoms with Gasteiger partial charge in [-0.1, -0.05) is 57.9 Å². The van der Waals surface area contributed by atoms with Gasteiger partial charge in [0.05, 0.1) is 22.7 Å². The molecule has 0 spiro atoms. The van der Waals surface area contributed by atoms with Crippen molar-refractivity contribution in [2.75, 3.05) is 57.8 Å². The molecule has 0 amide bonds. The first-order valence-electron chi connectivity index (χ1n) is 17.4. The van der Waals surface area contributed by atoms with Gasteiger partial charge in [-0.15, -0.1) is 0 Å². The Kier molecular flexibility index (Phi) is 12.5. The number of hydrogen-bond acceptors (Lipinski definition) is 8. The number of fused-ring (bicyclic) bond motifs is 1. The van der Waals surface area contributed by atoms with E-state index in [1.54, 1.807) is 24.3 Å². The summed E-state index contributed by atoms with van der Waals surface area (Å²) >= 11 is 0. The number of pyridine rings is 1. The van der Waals surface area contributed by atoms with Crippen molar-refractivity contribution >= 4 is 40.7 Å². The van der Waals surface area contributed by atoms with E-state index in [9.17, 15) is 13.2 Å². The zero-order valence-corrected chi connectivity index (χ0v) is 29.9. The van der Waals surface area contributed by atoms with Crippen LogP contribution in [0.25, 0.3) is 10.9 Å². The standard InChI is InChI=1S/C36H53N4O4SSi/c1-4-5-6-7-8-9-10-11-26-44-30-12-14-31(15-13-30)45(41,42)35-28-37-34-17-16-32(46(3)43)27-33(34)36(35)40-20-18-29(19-21-40)39-24-22-38(2)23-25-39/h12-17,27-29,43H,4-11,18-26H2,1-3H3. The average Bonchev–Trinajstić information content (AvgIpc) is 3.07. The van der Waals surface area contributed by atoms with Crippen LogP contribution in [0.4, 0.5) is 5.69 Å². The zero-order chi connectivity index (χ0) is 32.5. The maximum atomic E-state index is 14.3. The first-order valence-corrected chi connectivity index (χ1v) is 20.8. The molecule has 0 aliphatic carbocycles. The van der Waals surface area contributed by atoms with E-state index in [0.29, 0.717) is 24.1 Å². The molecule has 0 atom stereocenters. The molecule has 0 unspecified atom stereocenters. The predicted octanol–water partition coefficient (Wildman–Crippen LogP) is 5.62. The Labute approximate surface area is 278 Å². The second-order valence-electron chi connectivity index (χ2n) is 13.1. The minimum absolute atomic E-state index is 0.227. The molecule has 10 heteroatoms. The molecule has 2 aliphatic heterocycles. The van der Waals surface area contributed by atoms with Crippen LogP contribution in [-0.4, -0.2) is 96.0 Å².